The molecule has 0 fully saturated rings. The van der Waals surface area contributed by atoms with E-state index in [1.807, 2.05) is 6.92 Å². The van der Waals surface area contributed by atoms with Crippen molar-refractivity contribution >= 4 is 5.91 Å². The fourth-order valence-electron chi connectivity index (χ4n) is 1.87. The van der Waals surface area contributed by atoms with Crippen LogP contribution in [-0.2, 0) is 4.79 Å². The molecule has 0 heterocycles. The van der Waals surface area contributed by atoms with E-state index in [2.05, 4.69) is 37.4 Å². The highest BCUT2D eigenvalue weighted by atomic mass is 16.1. The number of amides is 1. The summed E-state index contributed by atoms with van der Waals surface area (Å²) in [5, 5.41) is 3.30. The van der Waals surface area contributed by atoms with Gasteiger partial charge in [-0.2, -0.15) is 0 Å². The van der Waals surface area contributed by atoms with Crippen molar-refractivity contribution in [1.82, 2.24) is 5.32 Å². The first-order chi connectivity index (χ1) is 7.54. The van der Waals surface area contributed by atoms with Crippen LogP contribution in [-0.4, -0.2) is 12.5 Å². The van der Waals surface area contributed by atoms with E-state index in [1.165, 1.54) is 16.7 Å². The highest BCUT2D eigenvalue weighted by Gasteiger charge is 2.15. The van der Waals surface area contributed by atoms with Gasteiger partial charge in [-0.15, -0.1) is 0 Å². The molecule has 1 unspecified atom stereocenters. The quantitative estimate of drug-likeness (QED) is 0.795. The Labute approximate surface area is 97.0 Å². The topological polar surface area (TPSA) is 55.1 Å². The number of nitrogens with one attached hydrogen (secondary N) is 1. The van der Waals surface area contributed by atoms with E-state index < -0.39 is 0 Å². The number of primary amides is 1. The van der Waals surface area contributed by atoms with Gasteiger partial charge in [0.1, 0.15) is 0 Å². The number of nitrogens with two attached hydrogens (primary N) is 1. The third-order valence-corrected chi connectivity index (χ3v) is 2.67. The average molecular weight is 220 g/mol. The molecule has 0 spiro atoms. The fourth-order valence-corrected chi connectivity index (χ4v) is 1.87. The summed E-state index contributed by atoms with van der Waals surface area (Å²) in [6, 6.07) is 6.30. The zero-order chi connectivity index (χ0) is 12.1. The van der Waals surface area contributed by atoms with Gasteiger partial charge in [0, 0.05) is 12.5 Å². The summed E-state index contributed by atoms with van der Waals surface area (Å²) in [5.74, 6) is -0.271. The Kier molecular flexibility index (Phi) is 4.50. The molecule has 0 aliphatic carbocycles. The van der Waals surface area contributed by atoms with Gasteiger partial charge < -0.3 is 11.1 Å². The van der Waals surface area contributed by atoms with Crippen molar-refractivity contribution < 1.29 is 4.79 Å². The highest BCUT2D eigenvalue weighted by molar-refractivity contribution is 5.74. The van der Waals surface area contributed by atoms with Crippen molar-refractivity contribution in [1.29, 1.82) is 0 Å². The molecule has 3 N–H and O–H groups in total. The maximum Gasteiger partial charge on any atom is 0.219 e. The fraction of sp³-hybridized carbons (Fsp3) is 0.462. The maximum absolute atomic E-state index is 11.0. The molecule has 0 saturated carbocycles. The summed E-state index contributed by atoms with van der Waals surface area (Å²) in [6.45, 7) is 6.96. The predicted octanol–water partition coefficient (Wildman–Crippen LogP) is 1.83. The third-order valence-electron chi connectivity index (χ3n) is 2.67. The molecular weight excluding hydrogens is 200 g/mol. The highest BCUT2D eigenvalue weighted by Crippen LogP contribution is 2.21. The summed E-state index contributed by atoms with van der Waals surface area (Å²) in [7, 11) is 0. The van der Waals surface area contributed by atoms with E-state index in [0.29, 0.717) is 6.42 Å². The second-order valence-electron chi connectivity index (χ2n) is 4.14. The van der Waals surface area contributed by atoms with Gasteiger partial charge in [-0.3, -0.25) is 4.79 Å². The number of carbonyl (C=O) groups excluding carboxylic acids is 1. The first-order valence-electron chi connectivity index (χ1n) is 5.63. The average Bonchev–Trinajstić information content (AvgIpc) is 2.20. The molecular formula is C13H20N2O. The summed E-state index contributed by atoms with van der Waals surface area (Å²) in [4.78, 5) is 11.0. The van der Waals surface area contributed by atoms with Crippen LogP contribution in [0.2, 0.25) is 0 Å². The summed E-state index contributed by atoms with van der Waals surface area (Å²) in [6.07, 6.45) is 0.345. The van der Waals surface area contributed by atoms with Crippen LogP contribution < -0.4 is 11.1 Å². The number of rotatable bonds is 5. The van der Waals surface area contributed by atoms with Crippen LogP contribution in [0.3, 0.4) is 0 Å². The van der Waals surface area contributed by atoms with Gasteiger partial charge in [0.05, 0.1) is 0 Å². The van der Waals surface area contributed by atoms with Gasteiger partial charge in [-0.25, -0.2) is 0 Å². The molecule has 1 aromatic rings. The summed E-state index contributed by atoms with van der Waals surface area (Å²) in [5.41, 5.74) is 8.83. The van der Waals surface area contributed by atoms with Crippen LogP contribution in [0.4, 0.5) is 0 Å². The van der Waals surface area contributed by atoms with Crippen LogP contribution in [0.25, 0.3) is 0 Å². The molecule has 3 heteroatoms. The normalized spacial score (nSPS) is 12.4. The van der Waals surface area contributed by atoms with Gasteiger partial charge in [-0.1, -0.05) is 30.7 Å². The van der Waals surface area contributed by atoms with Crippen molar-refractivity contribution in [2.45, 2.75) is 33.2 Å². The van der Waals surface area contributed by atoms with E-state index in [0.717, 1.165) is 6.54 Å². The van der Waals surface area contributed by atoms with E-state index in [4.69, 9.17) is 5.73 Å². The Balaban J connectivity index is 2.99. The van der Waals surface area contributed by atoms with Gasteiger partial charge >= 0.3 is 0 Å². The van der Waals surface area contributed by atoms with Crippen molar-refractivity contribution in [3.8, 4) is 0 Å². The lowest BCUT2D eigenvalue weighted by atomic mass is 9.96. The lowest BCUT2D eigenvalue weighted by Gasteiger charge is -2.19. The molecule has 0 bridgehead atoms. The molecule has 3 nitrogen and oxygen atoms in total. The largest absolute Gasteiger partial charge is 0.370 e. The first kappa shape index (κ1) is 12.7. The minimum Gasteiger partial charge on any atom is -0.370 e. The Morgan fingerprint density at radius 1 is 1.44 bits per heavy atom. The first-order valence-corrected chi connectivity index (χ1v) is 5.63. The molecule has 0 aliphatic heterocycles. The standard InChI is InChI=1S/C13H20N2O/c1-4-15-12(8-13(14)16)11-7-9(2)5-6-10(11)3/h5-7,12,15H,4,8H2,1-3H3,(H2,14,16). The SMILES string of the molecule is CCNC(CC(N)=O)c1cc(C)ccc1C. The predicted molar refractivity (Wildman–Crippen MR) is 66.1 cm³/mol. The molecule has 0 aromatic heterocycles. The Bertz CT molecular complexity index is 374. The molecule has 0 radical (unpaired) electrons. The van der Waals surface area contributed by atoms with Gasteiger partial charge in [0.15, 0.2) is 0 Å². The van der Waals surface area contributed by atoms with Crippen LogP contribution in [0.5, 0.6) is 0 Å². The second-order valence-corrected chi connectivity index (χ2v) is 4.14. The number of hydrogen-bond acceptors (Lipinski definition) is 2. The van der Waals surface area contributed by atoms with Crippen molar-refractivity contribution in [2.24, 2.45) is 5.73 Å². The molecule has 1 aromatic carbocycles. The number of aryl methyl sites for hydroxylation is 2. The van der Waals surface area contributed by atoms with E-state index in [-0.39, 0.29) is 11.9 Å². The lowest BCUT2D eigenvalue weighted by Crippen LogP contribution is -2.27. The number of hydrogen-bond donors (Lipinski definition) is 2. The minimum absolute atomic E-state index is 0.0300. The molecule has 88 valence electrons. The van der Waals surface area contributed by atoms with Crippen molar-refractivity contribution in [2.75, 3.05) is 6.54 Å². The van der Waals surface area contributed by atoms with Crippen LogP contribution in [0.1, 0.15) is 36.1 Å². The summed E-state index contributed by atoms with van der Waals surface area (Å²) >= 11 is 0. The molecule has 1 atom stereocenters. The van der Waals surface area contributed by atoms with Crippen LogP contribution in [0, 0.1) is 13.8 Å². The lowest BCUT2D eigenvalue weighted by molar-refractivity contribution is -0.118. The third kappa shape index (κ3) is 3.35. The smallest absolute Gasteiger partial charge is 0.219 e. The van der Waals surface area contributed by atoms with E-state index in [9.17, 15) is 4.79 Å². The van der Waals surface area contributed by atoms with Crippen molar-refractivity contribution in [3.05, 3.63) is 34.9 Å². The Morgan fingerprint density at radius 2 is 2.12 bits per heavy atom. The number of benzene rings is 1. The molecule has 1 amide bonds. The molecule has 1 rings (SSSR count). The van der Waals surface area contributed by atoms with Gasteiger partial charge in [0.2, 0.25) is 5.91 Å². The zero-order valence-electron chi connectivity index (χ0n) is 10.2. The van der Waals surface area contributed by atoms with Crippen molar-refractivity contribution in [3.63, 3.8) is 0 Å². The van der Waals surface area contributed by atoms with Crippen LogP contribution >= 0.6 is 0 Å². The monoisotopic (exact) mass is 220 g/mol. The van der Waals surface area contributed by atoms with Crippen LogP contribution in [0.15, 0.2) is 18.2 Å². The van der Waals surface area contributed by atoms with Gasteiger partial charge in [0.25, 0.3) is 0 Å². The van der Waals surface area contributed by atoms with E-state index in [1.54, 1.807) is 0 Å². The zero-order valence-corrected chi connectivity index (χ0v) is 10.2. The Hall–Kier alpha value is -1.35. The minimum atomic E-state index is -0.271. The number of carbonyl (C=O) groups is 1. The van der Waals surface area contributed by atoms with E-state index >= 15 is 0 Å². The molecule has 0 aliphatic rings. The van der Waals surface area contributed by atoms with Gasteiger partial charge in [-0.05, 0) is 31.5 Å². The maximum atomic E-state index is 11.0. The molecule has 16 heavy (non-hydrogen) atoms. The second kappa shape index (κ2) is 5.66. The molecule has 0 saturated heterocycles. The Morgan fingerprint density at radius 3 is 2.69 bits per heavy atom. The summed E-state index contributed by atoms with van der Waals surface area (Å²) < 4.78 is 0.